The van der Waals surface area contributed by atoms with Crippen molar-refractivity contribution in [1.29, 1.82) is 0 Å². The number of amides is 1. The van der Waals surface area contributed by atoms with Crippen LogP contribution in [0.2, 0.25) is 0 Å². The van der Waals surface area contributed by atoms with Crippen LogP contribution >= 0.6 is 0 Å². The van der Waals surface area contributed by atoms with E-state index in [1.54, 1.807) is 0 Å². The summed E-state index contributed by atoms with van der Waals surface area (Å²) in [5, 5.41) is 2.85. The van der Waals surface area contributed by atoms with Crippen molar-refractivity contribution < 1.29 is 9.59 Å². The average molecular weight is 197 g/mol. The molecule has 0 radical (unpaired) electrons. The first-order valence-corrected chi connectivity index (χ1v) is 5.31. The van der Waals surface area contributed by atoms with Crippen molar-refractivity contribution >= 4 is 11.7 Å². The van der Waals surface area contributed by atoms with Crippen LogP contribution in [0.3, 0.4) is 0 Å². The third kappa shape index (κ3) is 2.14. The molecular formula is C11H19NO2. The van der Waals surface area contributed by atoms with Crippen molar-refractivity contribution in [3.63, 3.8) is 0 Å². The Labute approximate surface area is 85.3 Å². The van der Waals surface area contributed by atoms with Gasteiger partial charge in [0, 0.05) is 12.8 Å². The van der Waals surface area contributed by atoms with E-state index in [4.69, 9.17) is 0 Å². The smallest absolute Gasteiger partial charge is 0.217 e. The van der Waals surface area contributed by atoms with Gasteiger partial charge in [0.05, 0.1) is 5.54 Å². The van der Waals surface area contributed by atoms with Crippen LogP contribution in [0.1, 0.15) is 46.5 Å². The molecule has 3 heteroatoms. The van der Waals surface area contributed by atoms with E-state index in [2.05, 4.69) is 5.32 Å². The Morgan fingerprint density at radius 1 is 1.21 bits per heavy atom. The Morgan fingerprint density at radius 3 is 2.07 bits per heavy atom. The fourth-order valence-electron chi connectivity index (χ4n) is 2.30. The highest BCUT2D eigenvalue weighted by Crippen LogP contribution is 2.32. The molecule has 0 aliphatic heterocycles. The standard InChI is InChI=1S/C11H19NO2/c1-8(2)10(14)11(12-9(3)13)6-4-5-7-11/h8H,4-7H2,1-3H3,(H,12,13). The van der Waals surface area contributed by atoms with Gasteiger partial charge in [0.1, 0.15) is 0 Å². The van der Waals surface area contributed by atoms with Crippen LogP contribution < -0.4 is 5.32 Å². The van der Waals surface area contributed by atoms with Gasteiger partial charge in [-0.25, -0.2) is 0 Å². The number of Topliss-reactive ketones (excluding diaryl/α,β-unsaturated/α-hetero) is 1. The summed E-state index contributed by atoms with van der Waals surface area (Å²) in [5.74, 6) is 0.0889. The topological polar surface area (TPSA) is 46.2 Å². The molecule has 0 aromatic rings. The van der Waals surface area contributed by atoms with E-state index >= 15 is 0 Å². The minimum absolute atomic E-state index is 0.0000463. The summed E-state index contributed by atoms with van der Waals surface area (Å²) in [6.07, 6.45) is 3.70. The fraction of sp³-hybridized carbons (Fsp3) is 0.818. The van der Waals surface area contributed by atoms with Gasteiger partial charge in [-0.05, 0) is 12.8 Å². The third-order valence-corrected chi connectivity index (χ3v) is 2.87. The molecule has 0 atom stereocenters. The summed E-state index contributed by atoms with van der Waals surface area (Å²) in [6.45, 7) is 5.27. The van der Waals surface area contributed by atoms with Gasteiger partial charge < -0.3 is 5.32 Å². The minimum Gasteiger partial charge on any atom is -0.344 e. The van der Waals surface area contributed by atoms with Gasteiger partial charge in [-0.2, -0.15) is 0 Å². The van der Waals surface area contributed by atoms with Gasteiger partial charge >= 0.3 is 0 Å². The van der Waals surface area contributed by atoms with Crippen molar-refractivity contribution in [2.24, 2.45) is 5.92 Å². The second kappa shape index (κ2) is 4.11. The SMILES string of the molecule is CC(=O)NC1(C(=O)C(C)C)CCCC1. The Bertz CT molecular complexity index is 240. The Morgan fingerprint density at radius 2 is 1.71 bits per heavy atom. The van der Waals surface area contributed by atoms with E-state index in [1.807, 2.05) is 13.8 Å². The van der Waals surface area contributed by atoms with Gasteiger partial charge in [0.2, 0.25) is 5.91 Å². The molecule has 1 aliphatic rings. The van der Waals surface area contributed by atoms with Gasteiger partial charge in [-0.15, -0.1) is 0 Å². The molecule has 80 valence electrons. The van der Waals surface area contributed by atoms with Crippen LogP contribution in [-0.2, 0) is 9.59 Å². The molecule has 1 amide bonds. The van der Waals surface area contributed by atoms with E-state index < -0.39 is 5.54 Å². The predicted octanol–water partition coefficient (Wildman–Crippen LogP) is 1.66. The number of rotatable bonds is 3. The van der Waals surface area contributed by atoms with Crippen LogP contribution in [0.4, 0.5) is 0 Å². The molecule has 0 heterocycles. The first-order valence-electron chi connectivity index (χ1n) is 5.31. The number of ketones is 1. The highest BCUT2D eigenvalue weighted by atomic mass is 16.2. The molecule has 0 aromatic heterocycles. The molecule has 0 aromatic carbocycles. The van der Waals surface area contributed by atoms with Crippen LogP contribution in [-0.4, -0.2) is 17.2 Å². The lowest BCUT2D eigenvalue weighted by Crippen LogP contribution is -2.53. The highest BCUT2D eigenvalue weighted by molar-refractivity contribution is 5.93. The summed E-state index contributed by atoms with van der Waals surface area (Å²) in [4.78, 5) is 23.1. The second-order valence-corrected chi connectivity index (χ2v) is 4.49. The van der Waals surface area contributed by atoms with E-state index in [-0.39, 0.29) is 17.6 Å². The van der Waals surface area contributed by atoms with Crippen molar-refractivity contribution in [3.8, 4) is 0 Å². The summed E-state index contributed by atoms with van der Waals surface area (Å²) in [5.41, 5.74) is -0.542. The second-order valence-electron chi connectivity index (χ2n) is 4.49. The lowest BCUT2D eigenvalue weighted by Gasteiger charge is -2.29. The number of hydrogen-bond acceptors (Lipinski definition) is 2. The maximum atomic E-state index is 12.0. The number of nitrogens with one attached hydrogen (secondary N) is 1. The van der Waals surface area contributed by atoms with Gasteiger partial charge in [-0.1, -0.05) is 26.7 Å². The molecule has 0 bridgehead atoms. The molecule has 3 nitrogen and oxygen atoms in total. The molecule has 1 aliphatic carbocycles. The predicted molar refractivity (Wildman–Crippen MR) is 54.9 cm³/mol. The largest absolute Gasteiger partial charge is 0.344 e. The molecule has 1 saturated carbocycles. The number of carbonyl (C=O) groups excluding carboxylic acids is 2. The summed E-state index contributed by atoms with van der Waals surface area (Å²) >= 11 is 0. The average Bonchev–Trinajstić information content (AvgIpc) is 2.51. The third-order valence-electron chi connectivity index (χ3n) is 2.87. The van der Waals surface area contributed by atoms with E-state index in [0.717, 1.165) is 25.7 Å². The maximum absolute atomic E-state index is 12.0. The quantitative estimate of drug-likeness (QED) is 0.748. The van der Waals surface area contributed by atoms with Crippen LogP contribution in [0.25, 0.3) is 0 Å². The van der Waals surface area contributed by atoms with E-state index in [9.17, 15) is 9.59 Å². The van der Waals surface area contributed by atoms with Crippen molar-refractivity contribution in [1.82, 2.24) is 5.32 Å². The fourth-order valence-corrected chi connectivity index (χ4v) is 2.30. The van der Waals surface area contributed by atoms with Gasteiger partial charge in [0.25, 0.3) is 0 Å². The first-order chi connectivity index (χ1) is 6.48. The molecular weight excluding hydrogens is 178 g/mol. The Kier molecular flexibility index (Phi) is 3.29. The first kappa shape index (κ1) is 11.2. The Hall–Kier alpha value is -0.860. The normalized spacial score (nSPS) is 19.7. The zero-order valence-electron chi connectivity index (χ0n) is 9.22. The Balaban J connectivity index is 2.81. The number of carbonyl (C=O) groups is 2. The van der Waals surface area contributed by atoms with E-state index in [0.29, 0.717) is 0 Å². The van der Waals surface area contributed by atoms with Gasteiger partial charge in [0.15, 0.2) is 5.78 Å². The molecule has 1 fully saturated rings. The highest BCUT2D eigenvalue weighted by Gasteiger charge is 2.42. The van der Waals surface area contributed by atoms with E-state index in [1.165, 1.54) is 6.92 Å². The zero-order valence-corrected chi connectivity index (χ0v) is 9.22. The van der Waals surface area contributed by atoms with Crippen molar-refractivity contribution in [2.75, 3.05) is 0 Å². The molecule has 1 N–H and O–H groups in total. The monoisotopic (exact) mass is 197 g/mol. The van der Waals surface area contributed by atoms with Crippen LogP contribution in [0.5, 0.6) is 0 Å². The summed E-state index contributed by atoms with van der Waals surface area (Å²) < 4.78 is 0. The van der Waals surface area contributed by atoms with Gasteiger partial charge in [-0.3, -0.25) is 9.59 Å². The zero-order chi connectivity index (χ0) is 10.8. The molecule has 0 saturated heterocycles. The van der Waals surface area contributed by atoms with Crippen LogP contribution in [0, 0.1) is 5.92 Å². The lowest BCUT2D eigenvalue weighted by atomic mass is 9.85. The minimum atomic E-state index is -0.542. The molecule has 1 rings (SSSR count). The van der Waals surface area contributed by atoms with Crippen molar-refractivity contribution in [2.45, 2.75) is 52.0 Å². The maximum Gasteiger partial charge on any atom is 0.217 e. The molecule has 14 heavy (non-hydrogen) atoms. The molecule has 0 spiro atoms. The summed E-state index contributed by atoms with van der Waals surface area (Å²) in [6, 6.07) is 0. The number of hydrogen-bond donors (Lipinski definition) is 1. The lowest BCUT2D eigenvalue weighted by molar-refractivity contribution is -0.133. The summed E-state index contributed by atoms with van der Waals surface area (Å²) in [7, 11) is 0. The van der Waals surface area contributed by atoms with Crippen molar-refractivity contribution in [3.05, 3.63) is 0 Å². The van der Waals surface area contributed by atoms with Crippen LogP contribution in [0.15, 0.2) is 0 Å². The molecule has 0 unspecified atom stereocenters.